The maximum atomic E-state index is 11.5. The predicted octanol–water partition coefficient (Wildman–Crippen LogP) is -0.0525. The van der Waals surface area contributed by atoms with Gasteiger partial charge in [-0.25, -0.2) is 9.97 Å². The molecule has 0 spiro atoms. The lowest BCUT2D eigenvalue weighted by Gasteiger charge is -2.34. The van der Waals surface area contributed by atoms with Crippen molar-refractivity contribution in [3.63, 3.8) is 0 Å². The van der Waals surface area contributed by atoms with Crippen LogP contribution in [0.4, 0.5) is 17.3 Å². The van der Waals surface area contributed by atoms with Crippen molar-refractivity contribution in [2.45, 2.75) is 6.42 Å². The number of hydrogen-bond acceptors (Lipinski definition) is 9. The number of aliphatic hydroxyl groups excluding tert-OH is 1. The van der Waals surface area contributed by atoms with E-state index in [9.17, 15) is 10.1 Å². The second-order valence-corrected chi connectivity index (χ2v) is 5.48. The Bertz CT molecular complexity index is 536. The zero-order valence-electron chi connectivity index (χ0n) is 13.8. The fraction of sp³-hybridized carbons (Fsp3) is 0.714. The van der Waals surface area contributed by atoms with Crippen LogP contribution < -0.4 is 10.2 Å². The predicted molar refractivity (Wildman–Crippen MR) is 89.4 cm³/mol. The average Bonchev–Trinajstić information content (AvgIpc) is 2.59. The number of piperazine rings is 1. The molecule has 1 aromatic rings. The zero-order valence-corrected chi connectivity index (χ0v) is 13.8. The molecule has 2 rings (SSSR count). The number of nitrogens with zero attached hydrogens (tertiary/aromatic N) is 5. The lowest BCUT2D eigenvalue weighted by molar-refractivity contribution is -0.383. The smallest absolute Gasteiger partial charge is 0.353 e. The van der Waals surface area contributed by atoms with E-state index in [4.69, 9.17) is 9.84 Å². The fourth-order valence-corrected chi connectivity index (χ4v) is 2.65. The minimum Gasteiger partial charge on any atom is -0.395 e. The molecule has 0 aromatic carbocycles. The number of rotatable bonds is 9. The molecule has 0 atom stereocenters. The monoisotopic (exact) mass is 340 g/mol. The first-order valence-electron chi connectivity index (χ1n) is 7.97. The minimum absolute atomic E-state index is 0.0921. The van der Waals surface area contributed by atoms with Crippen LogP contribution in [0.25, 0.3) is 0 Å². The molecule has 1 aliphatic rings. The summed E-state index contributed by atoms with van der Waals surface area (Å²) in [5.41, 5.74) is -0.0921. The van der Waals surface area contributed by atoms with E-state index in [1.54, 1.807) is 7.11 Å². The second-order valence-electron chi connectivity index (χ2n) is 5.48. The number of aliphatic hydroxyl groups is 1. The molecule has 1 aromatic heterocycles. The number of anilines is 2. The van der Waals surface area contributed by atoms with Crippen LogP contribution in [0, 0.1) is 10.1 Å². The molecule has 24 heavy (non-hydrogen) atoms. The van der Waals surface area contributed by atoms with E-state index >= 15 is 0 Å². The summed E-state index contributed by atoms with van der Waals surface area (Å²) in [4.78, 5) is 23.3. The third kappa shape index (κ3) is 4.73. The summed E-state index contributed by atoms with van der Waals surface area (Å²) in [7, 11) is 1.61. The molecule has 0 bridgehead atoms. The molecule has 10 nitrogen and oxygen atoms in total. The molecule has 0 radical (unpaired) electrons. The van der Waals surface area contributed by atoms with Crippen molar-refractivity contribution in [1.82, 2.24) is 14.9 Å². The van der Waals surface area contributed by atoms with Crippen molar-refractivity contribution in [1.29, 1.82) is 0 Å². The number of aromatic nitrogens is 2. The Morgan fingerprint density at radius 2 is 2.12 bits per heavy atom. The van der Waals surface area contributed by atoms with Gasteiger partial charge in [0.05, 0.1) is 11.5 Å². The van der Waals surface area contributed by atoms with E-state index in [-0.39, 0.29) is 18.1 Å². The maximum absolute atomic E-state index is 11.5. The van der Waals surface area contributed by atoms with E-state index in [1.807, 2.05) is 4.90 Å². The Labute approximate surface area is 140 Å². The first-order valence-corrected chi connectivity index (χ1v) is 7.97. The molecular formula is C14H24N6O4. The summed E-state index contributed by atoms with van der Waals surface area (Å²) in [5, 5.41) is 23.5. The average molecular weight is 340 g/mol. The van der Waals surface area contributed by atoms with Crippen molar-refractivity contribution in [2.24, 2.45) is 0 Å². The van der Waals surface area contributed by atoms with Crippen LogP contribution in [0.3, 0.4) is 0 Å². The highest BCUT2D eigenvalue weighted by Crippen LogP contribution is 2.32. The van der Waals surface area contributed by atoms with Gasteiger partial charge in [-0.2, -0.15) is 0 Å². The van der Waals surface area contributed by atoms with Crippen LogP contribution in [0.2, 0.25) is 0 Å². The molecular weight excluding hydrogens is 316 g/mol. The highest BCUT2D eigenvalue weighted by molar-refractivity contribution is 5.70. The summed E-state index contributed by atoms with van der Waals surface area (Å²) in [6.07, 6.45) is 2.08. The van der Waals surface area contributed by atoms with Crippen LogP contribution in [0.1, 0.15) is 6.42 Å². The SMILES string of the molecule is COCCCNc1ncnc(N2CCN(CCO)CC2)c1[N+](=O)[O-]. The van der Waals surface area contributed by atoms with E-state index < -0.39 is 4.92 Å². The van der Waals surface area contributed by atoms with Gasteiger partial charge in [0.15, 0.2) is 0 Å². The van der Waals surface area contributed by atoms with Gasteiger partial charge in [0.2, 0.25) is 11.6 Å². The van der Waals surface area contributed by atoms with Gasteiger partial charge in [0, 0.05) is 53.0 Å². The van der Waals surface area contributed by atoms with Crippen LogP contribution in [0.5, 0.6) is 0 Å². The number of nitro groups is 1. The maximum Gasteiger partial charge on any atom is 0.353 e. The van der Waals surface area contributed by atoms with Crippen molar-refractivity contribution >= 4 is 17.3 Å². The zero-order chi connectivity index (χ0) is 17.4. The topological polar surface area (TPSA) is 117 Å². The molecule has 134 valence electrons. The first-order chi connectivity index (χ1) is 11.7. The van der Waals surface area contributed by atoms with Crippen LogP contribution in [0.15, 0.2) is 6.33 Å². The summed E-state index contributed by atoms with van der Waals surface area (Å²) in [5.74, 6) is 0.576. The second kappa shape index (κ2) is 9.30. The quantitative estimate of drug-likeness (QED) is 0.362. The lowest BCUT2D eigenvalue weighted by atomic mass is 10.3. The van der Waals surface area contributed by atoms with Crippen molar-refractivity contribution in [2.75, 3.05) is 69.8 Å². The Morgan fingerprint density at radius 3 is 2.75 bits per heavy atom. The van der Waals surface area contributed by atoms with E-state index in [1.165, 1.54) is 6.33 Å². The van der Waals surface area contributed by atoms with Gasteiger partial charge in [0.25, 0.3) is 0 Å². The summed E-state index contributed by atoms with van der Waals surface area (Å²) in [6.45, 7) is 4.56. The number of methoxy groups -OCH3 is 1. The van der Waals surface area contributed by atoms with E-state index in [2.05, 4.69) is 20.2 Å². The molecule has 2 heterocycles. The van der Waals surface area contributed by atoms with Gasteiger partial charge < -0.3 is 20.1 Å². The lowest BCUT2D eigenvalue weighted by Crippen LogP contribution is -2.47. The molecule has 2 N–H and O–H groups in total. The standard InChI is InChI=1S/C14H24N6O4/c1-24-10-2-3-15-13-12(20(22)23)14(17-11-16-13)19-6-4-18(5-7-19)8-9-21/h11,21H,2-10H2,1H3,(H,15,16,17). The number of ether oxygens (including phenoxy) is 1. The molecule has 0 amide bonds. The van der Waals surface area contributed by atoms with Crippen LogP contribution in [-0.2, 0) is 4.74 Å². The fourth-order valence-electron chi connectivity index (χ4n) is 2.65. The number of β-amino-alcohol motifs (C(OH)–C–C–N with tert-alkyl or cyclic N) is 1. The first kappa shape index (κ1) is 18.3. The number of hydrogen-bond donors (Lipinski definition) is 2. The minimum atomic E-state index is -0.436. The third-order valence-electron chi connectivity index (χ3n) is 3.89. The Kier molecular flexibility index (Phi) is 7.09. The molecule has 0 unspecified atom stereocenters. The molecule has 1 saturated heterocycles. The molecule has 10 heteroatoms. The van der Waals surface area contributed by atoms with Crippen molar-refractivity contribution in [3.05, 3.63) is 16.4 Å². The molecule has 1 fully saturated rings. The van der Waals surface area contributed by atoms with E-state index in [0.717, 1.165) is 19.5 Å². The van der Waals surface area contributed by atoms with Crippen molar-refractivity contribution in [3.8, 4) is 0 Å². The van der Waals surface area contributed by atoms with Crippen LogP contribution >= 0.6 is 0 Å². The van der Waals surface area contributed by atoms with Gasteiger partial charge in [-0.3, -0.25) is 15.0 Å². The summed E-state index contributed by atoms with van der Waals surface area (Å²) >= 11 is 0. The van der Waals surface area contributed by atoms with Gasteiger partial charge >= 0.3 is 5.69 Å². The van der Waals surface area contributed by atoms with Gasteiger partial charge in [-0.15, -0.1) is 0 Å². The largest absolute Gasteiger partial charge is 0.395 e. The molecule has 0 aliphatic carbocycles. The van der Waals surface area contributed by atoms with Crippen molar-refractivity contribution < 1.29 is 14.8 Å². The third-order valence-corrected chi connectivity index (χ3v) is 3.89. The Balaban J connectivity index is 2.10. The molecule has 0 saturated carbocycles. The Morgan fingerprint density at radius 1 is 1.38 bits per heavy atom. The summed E-state index contributed by atoms with van der Waals surface area (Å²) in [6, 6.07) is 0. The molecule has 1 aliphatic heterocycles. The number of nitrogens with one attached hydrogen (secondary N) is 1. The van der Waals surface area contributed by atoms with Gasteiger partial charge in [-0.1, -0.05) is 0 Å². The Hall–Kier alpha value is -2.04. The van der Waals surface area contributed by atoms with Gasteiger partial charge in [-0.05, 0) is 6.42 Å². The highest BCUT2D eigenvalue weighted by Gasteiger charge is 2.28. The van der Waals surface area contributed by atoms with Crippen LogP contribution in [-0.4, -0.2) is 84.5 Å². The highest BCUT2D eigenvalue weighted by atomic mass is 16.6. The van der Waals surface area contributed by atoms with E-state index in [0.29, 0.717) is 38.6 Å². The van der Waals surface area contributed by atoms with Gasteiger partial charge in [0.1, 0.15) is 6.33 Å². The summed E-state index contributed by atoms with van der Waals surface area (Å²) < 4.78 is 4.97. The normalized spacial score (nSPS) is 15.5.